The molecule has 1 heterocycles. The van der Waals surface area contributed by atoms with Crippen LogP contribution in [0.2, 0.25) is 0 Å². The average Bonchev–Trinajstić information content (AvgIpc) is 2.86. The highest BCUT2D eigenvalue weighted by Gasteiger charge is 2.15. The molecule has 0 fully saturated rings. The van der Waals surface area contributed by atoms with Crippen molar-refractivity contribution in [1.29, 1.82) is 0 Å². The van der Waals surface area contributed by atoms with Crippen molar-refractivity contribution in [3.05, 3.63) is 66.0 Å². The summed E-state index contributed by atoms with van der Waals surface area (Å²) in [6.45, 7) is 2.02. The van der Waals surface area contributed by atoms with Crippen LogP contribution >= 0.6 is 0 Å². The molecular weight excluding hydrogens is 248 g/mol. The number of rotatable bonds is 3. The van der Waals surface area contributed by atoms with Crippen LogP contribution in [0.15, 0.2) is 54.6 Å². The minimum Gasteiger partial charge on any atom is -0.274 e. The summed E-state index contributed by atoms with van der Waals surface area (Å²) in [6, 6.07) is 17.6. The minimum atomic E-state index is 0.0711. The standard InChI is InChI=1S/C17H16N2O/c1-2-16-18-14-10-6-7-11-15(14)19(16)17(20)12-13-8-4-3-5-9-13/h3-11H,2,12H2,1H3. The van der Waals surface area contributed by atoms with Gasteiger partial charge in [-0.2, -0.15) is 0 Å². The number of nitrogens with zero attached hydrogens (tertiary/aromatic N) is 2. The van der Waals surface area contributed by atoms with E-state index >= 15 is 0 Å². The molecule has 0 saturated carbocycles. The van der Waals surface area contributed by atoms with Crippen LogP contribution in [0.3, 0.4) is 0 Å². The third kappa shape index (κ3) is 2.23. The summed E-state index contributed by atoms with van der Waals surface area (Å²) in [4.78, 5) is 17.1. The lowest BCUT2D eigenvalue weighted by Crippen LogP contribution is -2.16. The topological polar surface area (TPSA) is 34.9 Å². The zero-order valence-corrected chi connectivity index (χ0v) is 11.4. The number of carbonyl (C=O) groups excluding carboxylic acids is 1. The molecule has 3 aromatic rings. The van der Waals surface area contributed by atoms with Crippen molar-refractivity contribution >= 4 is 16.9 Å². The molecule has 0 aliphatic carbocycles. The zero-order chi connectivity index (χ0) is 13.9. The highest BCUT2D eigenvalue weighted by molar-refractivity contribution is 5.92. The largest absolute Gasteiger partial charge is 0.274 e. The van der Waals surface area contributed by atoms with E-state index in [1.165, 1.54) is 0 Å². The normalized spacial score (nSPS) is 10.8. The molecule has 0 aliphatic rings. The van der Waals surface area contributed by atoms with Gasteiger partial charge in [-0.1, -0.05) is 49.4 Å². The summed E-state index contributed by atoms with van der Waals surface area (Å²) >= 11 is 0. The van der Waals surface area contributed by atoms with Crippen LogP contribution in [0.5, 0.6) is 0 Å². The molecule has 0 spiro atoms. The summed E-state index contributed by atoms with van der Waals surface area (Å²) < 4.78 is 1.75. The number of aryl methyl sites for hydroxylation is 1. The lowest BCUT2D eigenvalue weighted by atomic mass is 10.1. The van der Waals surface area contributed by atoms with E-state index in [1.54, 1.807) is 4.57 Å². The van der Waals surface area contributed by atoms with Gasteiger partial charge in [0.05, 0.1) is 17.5 Å². The first-order valence-electron chi connectivity index (χ1n) is 6.83. The number of imidazole rings is 1. The second-order valence-electron chi connectivity index (χ2n) is 4.76. The summed E-state index contributed by atoms with van der Waals surface area (Å²) in [5.41, 5.74) is 2.80. The Hall–Kier alpha value is -2.42. The molecule has 3 heteroatoms. The Balaban J connectivity index is 2.02. The van der Waals surface area contributed by atoms with E-state index in [0.717, 1.165) is 28.8 Å². The molecule has 0 unspecified atom stereocenters. The third-order valence-corrected chi connectivity index (χ3v) is 3.39. The van der Waals surface area contributed by atoms with Gasteiger partial charge in [-0.25, -0.2) is 4.98 Å². The van der Waals surface area contributed by atoms with Gasteiger partial charge in [0, 0.05) is 6.42 Å². The predicted octanol–water partition coefficient (Wildman–Crippen LogP) is 3.48. The van der Waals surface area contributed by atoms with Crippen molar-refractivity contribution < 1.29 is 4.79 Å². The van der Waals surface area contributed by atoms with E-state index in [9.17, 15) is 4.79 Å². The number of benzene rings is 2. The van der Waals surface area contributed by atoms with Crippen LogP contribution in [0.4, 0.5) is 0 Å². The molecule has 3 nitrogen and oxygen atoms in total. The molecule has 20 heavy (non-hydrogen) atoms. The molecule has 0 N–H and O–H groups in total. The number of para-hydroxylation sites is 2. The monoisotopic (exact) mass is 264 g/mol. The number of aromatic nitrogens is 2. The van der Waals surface area contributed by atoms with E-state index < -0.39 is 0 Å². The van der Waals surface area contributed by atoms with Gasteiger partial charge in [0.15, 0.2) is 0 Å². The van der Waals surface area contributed by atoms with Gasteiger partial charge in [0.2, 0.25) is 5.91 Å². The smallest absolute Gasteiger partial charge is 0.236 e. The molecule has 0 radical (unpaired) electrons. The summed E-state index contributed by atoms with van der Waals surface area (Å²) in [5.74, 6) is 0.897. The molecule has 100 valence electrons. The Bertz CT molecular complexity index is 744. The summed E-state index contributed by atoms with van der Waals surface area (Å²) in [7, 11) is 0. The Morgan fingerprint density at radius 1 is 1.05 bits per heavy atom. The van der Waals surface area contributed by atoms with Gasteiger partial charge in [-0.3, -0.25) is 9.36 Å². The SMILES string of the molecule is CCc1nc2ccccc2n1C(=O)Cc1ccccc1. The number of fused-ring (bicyclic) bond motifs is 1. The first kappa shape index (κ1) is 12.6. The van der Waals surface area contributed by atoms with Gasteiger partial charge in [0.25, 0.3) is 0 Å². The first-order valence-corrected chi connectivity index (χ1v) is 6.83. The molecule has 2 aromatic carbocycles. The maximum Gasteiger partial charge on any atom is 0.236 e. The Morgan fingerprint density at radius 2 is 1.75 bits per heavy atom. The average molecular weight is 264 g/mol. The van der Waals surface area contributed by atoms with Crippen LogP contribution < -0.4 is 0 Å². The third-order valence-electron chi connectivity index (χ3n) is 3.39. The lowest BCUT2D eigenvalue weighted by Gasteiger charge is -2.06. The van der Waals surface area contributed by atoms with Gasteiger partial charge in [-0.05, 0) is 17.7 Å². The van der Waals surface area contributed by atoms with Gasteiger partial charge >= 0.3 is 0 Å². The molecular formula is C17H16N2O. The predicted molar refractivity (Wildman–Crippen MR) is 79.9 cm³/mol. The number of hydrogen-bond acceptors (Lipinski definition) is 2. The summed E-state index contributed by atoms with van der Waals surface area (Å²) in [6.07, 6.45) is 1.14. The second kappa shape index (κ2) is 5.29. The van der Waals surface area contributed by atoms with E-state index in [0.29, 0.717) is 6.42 Å². The summed E-state index contributed by atoms with van der Waals surface area (Å²) in [5, 5.41) is 0. The van der Waals surface area contributed by atoms with Gasteiger partial charge in [0.1, 0.15) is 5.82 Å². The van der Waals surface area contributed by atoms with Crippen molar-refractivity contribution in [3.63, 3.8) is 0 Å². The van der Waals surface area contributed by atoms with E-state index in [4.69, 9.17) is 0 Å². The van der Waals surface area contributed by atoms with E-state index in [-0.39, 0.29) is 5.91 Å². The minimum absolute atomic E-state index is 0.0711. The highest BCUT2D eigenvalue weighted by atomic mass is 16.2. The molecule has 1 aromatic heterocycles. The first-order chi connectivity index (χ1) is 9.79. The van der Waals surface area contributed by atoms with Crippen molar-refractivity contribution in [2.75, 3.05) is 0 Å². The van der Waals surface area contributed by atoms with Crippen molar-refractivity contribution in [2.45, 2.75) is 19.8 Å². The van der Waals surface area contributed by atoms with Crippen molar-refractivity contribution in [2.24, 2.45) is 0 Å². The van der Waals surface area contributed by atoms with Crippen LogP contribution in [-0.4, -0.2) is 15.5 Å². The fraction of sp³-hybridized carbons (Fsp3) is 0.176. The molecule has 0 aliphatic heterocycles. The molecule has 3 rings (SSSR count). The van der Waals surface area contributed by atoms with Crippen LogP contribution in [0.1, 0.15) is 23.1 Å². The van der Waals surface area contributed by atoms with Crippen molar-refractivity contribution in [1.82, 2.24) is 9.55 Å². The van der Waals surface area contributed by atoms with E-state index in [2.05, 4.69) is 4.98 Å². The molecule has 0 saturated heterocycles. The maximum absolute atomic E-state index is 12.6. The van der Waals surface area contributed by atoms with Gasteiger partial charge in [-0.15, -0.1) is 0 Å². The van der Waals surface area contributed by atoms with Crippen LogP contribution in [0.25, 0.3) is 11.0 Å². The zero-order valence-electron chi connectivity index (χ0n) is 11.4. The van der Waals surface area contributed by atoms with Crippen molar-refractivity contribution in [3.8, 4) is 0 Å². The van der Waals surface area contributed by atoms with Gasteiger partial charge < -0.3 is 0 Å². The molecule has 0 atom stereocenters. The lowest BCUT2D eigenvalue weighted by molar-refractivity contribution is 0.0915. The molecule has 0 bridgehead atoms. The Morgan fingerprint density at radius 3 is 2.50 bits per heavy atom. The number of carbonyl (C=O) groups is 1. The fourth-order valence-corrected chi connectivity index (χ4v) is 2.44. The second-order valence-corrected chi connectivity index (χ2v) is 4.76. The number of hydrogen-bond donors (Lipinski definition) is 0. The highest BCUT2D eigenvalue weighted by Crippen LogP contribution is 2.17. The van der Waals surface area contributed by atoms with E-state index in [1.807, 2.05) is 61.5 Å². The Kier molecular flexibility index (Phi) is 3.33. The molecule has 0 amide bonds. The Labute approximate surface area is 117 Å². The quantitative estimate of drug-likeness (QED) is 0.726. The fourth-order valence-electron chi connectivity index (χ4n) is 2.44. The maximum atomic E-state index is 12.6. The van der Waals surface area contributed by atoms with Crippen LogP contribution in [-0.2, 0) is 12.8 Å². The van der Waals surface area contributed by atoms with Crippen LogP contribution in [0, 0.1) is 0 Å².